The molecule has 0 N–H and O–H groups in total. The van der Waals surface area contributed by atoms with Gasteiger partial charge in [0.2, 0.25) is 0 Å². The molecular weight excluding hydrogens is 179 g/mol. The van der Waals surface area contributed by atoms with Crippen LogP contribution in [0.1, 0.15) is 0 Å². The van der Waals surface area contributed by atoms with Gasteiger partial charge in [0.15, 0.2) is 6.71 Å². The summed E-state index contributed by atoms with van der Waals surface area (Å²) in [5.41, 5.74) is 4.00. The van der Waals surface area contributed by atoms with Gasteiger partial charge in [0, 0.05) is 0 Å². The molecule has 2 aromatic carbocycles. The lowest BCUT2D eigenvalue weighted by atomic mass is 9.49. The summed E-state index contributed by atoms with van der Waals surface area (Å²) < 4.78 is 0. The monoisotopic (exact) mass is 194 g/mol. The summed E-state index contributed by atoms with van der Waals surface area (Å²) in [4.78, 5) is 0. The molecule has 15 heavy (non-hydrogen) atoms. The third kappa shape index (κ3) is 2.30. The molecule has 0 aromatic heterocycles. The second kappa shape index (κ2) is 4.35. The molecule has 0 nitrogen and oxygen atoms in total. The molecule has 0 aliphatic carbocycles. The Kier molecular flexibility index (Phi) is 2.91. The van der Waals surface area contributed by atoms with E-state index in [0.717, 1.165) is 0 Å². The molecule has 2 aromatic rings. The van der Waals surface area contributed by atoms with E-state index in [9.17, 15) is 0 Å². The summed E-state index contributed by atoms with van der Waals surface area (Å²) in [7, 11) is 0. The van der Waals surface area contributed by atoms with Crippen molar-refractivity contribution in [1.29, 1.82) is 0 Å². The van der Waals surface area contributed by atoms with Crippen molar-refractivity contribution in [1.82, 2.24) is 0 Å². The molecule has 0 radical (unpaired) electrons. The van der Waals surface area contributed by atoms with Crippen molar-refractivity contribution < 1.29 is 0 Å². The van der Waals surface area contributed by atoms with Gasteiger partial charge in [0.25, 0.3) is 0 Å². The van der Waals surface area contributed by atoms with Crippen LogP contribution in [0.15, 0.2) is 54.6 Å². The van der Waals surface area contributed by atoms with Crippen LogP contribution < -0.4 is 5.46 Å². The molecule has 0 amide bonds. The summed E-state index contributed by atoms with van der Waals surface area (Å²) in [6, 6.07) is 19.3. The van der Waals surface area contributed by atoms with Crippen molar-refractivity contribution in [2.75, 3.05) is 0 Å². The lowest BCUT2D eigenvalue weighted by Gasteiger charge is -2.06. The fourth-order valence-corrected chi connectivity index (χ4v) is 1.71. The minimum atomic E-state index is 0.591. The zero-order chi connectivity index (χ0) is 10.7. The number of hydrogen-bond acceptors (Lipinski definition) is 0. The molecule has 2 rings (SSSR count). The number of rotatable bonds is 2. The summed E-state index contributed by atoms with van der Waals surface area (Å²) in [5, 5.41) is 0. The standard InChI is InChI=1S/C14H15B/c1-15(2)14-10-6-9-13(11-14)12-7-4-3-5-8-12/h3-11H,1-2H3. The smallest absolute Gasteiger partial charge is 0.0819 e. The van der Waals surface area contributed by atoms with Crippen LogP contribution in [0, 0.1) is 0 Å². The molecule has 0 heterocycles. The number of benzene rings is 2. The molecule has 0 bridgehead atoms. The molecule has 0 unspecified atom stereocenters. The lowest BCUT2D eigenvalue weighted by Crippen LogP contribution is -2.21. The van der Waals surface area contributed by atoms with Gasteiger partial charge >= 0.3 is 0 Å². The highest BCUT2D eigenvalue weighted by molar-refractivity contribution is 6.70. The molecule has 0 aliphatic heterocycles. The molecule has 1 heteroatoms. The zero-order valence-electron chi connectivity index (χ0n) is 9.27. The molecule has 74 valence electrons. The Morgan fingerprint density at radius 3 is 2.07 bits per heavy atom. The zero-order valence-corrected chi connectivity index (χ0v) is 9.27. The van der Waals surface area contributed by atoms with Crippen molar-refractivity contribution in [3.05, 3.63) is 54.6 Å². The Morgan fingerprint density at radius 2 is 1.40 bits per heavy atom. The van der Waals surface area contributed by atoms with Crippen LogP contribution in [0.2, 0.25) is 13.6 Å². The molecule has 0 aliphatic rings. The first-order valence-corrected chi connectivity index (χ1v) is 5.43. The normalized spacial score (nSPS) is 10.0. The second-order valence-corrected chi connectivity index (χ2v) is 4.15. The van der Waals surface area contributed by atoms with Crippen LogP contribution in [0.4, 0.5) is 0 Å². The van der Waals surface area contributed by atoms with Crippen molar-refractivity contribution in [2.45, 2.75) is 13.6 Å². The SMILES string of the molecule is CB(C)c1cccc(-c2ccccc2)c1. The fraction of sp³-hybridized carbons (Fsp3) is 0.143. The minimum absolute atomic E-state index is 0.591. The average Bonchev–Trinajstić information content (AvgIpc) is 2.30. The van der Waals surface area contributed by atoms with Crippen LogP contribution in [0.3, 0.4) is 0 Å². The van der Waals surface area contributed by atoms with Crippen molar-refractivity contribution in [3.8, 4) is 11.1 Å². The van der Waals surface area contributed by atoms with E-state index in [1.807, 2.05) is 0 Å². The predicted molar refractivity (Wildman–Crippen MR) is 69.0 cm³/mol. The van der Waals surface area contributed by atoms with Gasteiger partial charge in [-0.15, -0.1) is 0 Å². The lowest BCUT2D eigenvalue weighted by molar-refractivity contribution is 1.63. The van der Waals surface area contributed by atoms with Gasteiger partial charge in [-0.05, 0) is 11.1 Å². The third-order valence-corrected chi connectivity index (χ3v) is 2.66. The maximum Gasteiger partial charge on any atom is 0.169 e. The van der Waals surface area contributed by atoms with E-state index in [1.54, 1.807) is 0 Å². The summed E-state index contributed by atoms with van der Waals surface area (Å²) >= 11 is 0. The van der Waals surface area contributed by atoms with Crippen molar-refractivity contribution in [2.24, 2.45) is 0 Å². The second-order valence-electron chi connectivity index (χ2n) is 4.15. The van der Waals surface area contributed by atoms with Gasteiger partial charge in [-0.1, -0.05) is 73.7 Å². The predicted octanol–water partition coefficient (Wildman–Crippen LogP) is 3.32. The number of hydrogen-bond donors (Lipinski definition) is 0. The van der Waals surface area contributed by atoms with E-state index in [-0.39, 0.29) is 0 Å². The fourth-order valence-electron chi connectivity index (χ4n) is 1.71. The first-order valence-electron chi connectivity index (χ1n) is 5.43. The van der Waals surface area contributed by atoms with E-state index in [1.165, 1.54) is 16.6 Å². The summed E-state index contributed by atoms with van der Waals surface area (Å²) in [5.74, 6) is 0. The Labute approximate surface area is 92.0 Å². The Bertz CT molecular complexity index is 432. The van der Waals surface area contributed by atoms with Gasteiger partial charge in [0.1, 0.15) is 0 Å². The van der Waals surface area contributed by atoms with Crippen LogP contribution in [-0.2, 0) is 0 Å². The van der Waals surface area contributed by atoms with E-state index in [4.69, 9.17) is 0 Å². The van der Waals surface area contributed by atoms with Crippen molar-refractivity contribution >= 4 is 12.2 Å². The van der Waals surface area contributed by atoms with Crippen LogP contribution in [0.25, 0.3) is 11.1 Å². The van der Waals surface area contributed by atoms with Crippen molar-refractivity contribution in [3.63, 3.8) is 0 Å². The van der Waals surface area contributed by atoms with E-state index in [0.29, 0.717) is 6.71 Å². The molecule has 0 fully saturated rings. The first kappa shape index (κ1) is 10.0. The Balaban J connectivity index is 2.42. The molecule has 0 spiro atoms. The molecule has 0 atom stereocenters. The summed E-state index contributed by atoms with van der Waals surface area (Å²) in [6.45, 7) is 5.04. The quantitative estimate of drug-likeness (QED) is 0.643. The van der Waals surface area contributed by atoms with Gasteiger partial charge in [-0.2, -0.15) is 0 Å². The summed E-state index contributed by atoms with van der Waals surface area (Å²) in [6.07, 6.45) is 0. The topological polar surface area (TPSA) is 0 Å². The van der Waals surface area contributed by atoms with Crippen LogP contribution in [-0.4, -0.2) is 6.71 Å². The Morgan fingerprint density at radius 1 is 0.733 bits per heavy atom. The van der Waals surface area contributed by atoms with Gasteiger partial charge in [-0.25, -0.2) is 0 Å². The van der Waals surface area contributed by atoms with Gasteiger partial charge in [0.05, 0.1) is 0 Å². The molecule has 0 saturated carbocycles. The van der Waals surface area contributed by atoms with Gasteiger partial charge in [-0.3, -0.25) is 0 Å². The minimum Gasteiger partial charge on any atom is -0.0819 e. The molecule has 0 saturated heterocycles. The van der Waals surface area contributed by atoms with Gasteiger partial charge < -0.3 is 0 Å². The average molecular weight is 194 g/mol. The van der Waals surface area contributed by atoms with Crippen LogP contribution >= 0.6 is 0 Å². The largest absolute Gasteiger partial charge is 0.169 e. The molecular formula is C14H15B. The highest BCUT2D eigenvalue weighted by Gasteiger charge is 2.03. The highest BCUT2D eigenvalue weighted by atomic mass is 14.0. The first-order chi connectivity index (χ1) is 7.27. The van der Waals surface area contributed by atoms with E-state index < -0.39 is 0 Å². The maximum absolute atomic E-state index is 2.28. The highest BCUT2D eigenvalue weighted by Crippen LogP contribution is 2.17. The van der Waals surface area contributed by atoms with E-state index >= 15 is 0 Å². The van der Waals surface area contributed by atoms with E-state index in [2.05, 4.69) is 68.2 Å². The maximum atomic E-state index is 2.28. The third-order valence-electron chi connectivity index (χ3n) is 2.66. The van der Waals surface area contributed by atoms with Crippen LogP contribution in [0.5, 0.6) is 0 Å². The Hall–Kier alpha value is -1.50.